The van der Waals surface area contributed by atoms with E-state index in [1.807, 2.05) is 7.05 Å². The van der Waals surface area contributed by atoms with Crippen molar-refractivity contribution in [2.45, 2.75) is 5.16 Å². The molecule has 3 rings (SSSR count). The second-order valence-corrected chi connectivity index (χ2v) is 6.25. The molecule has 0 saturated carbocycles. The molecule has 2 heterocycles. The minimum Gasteiger partial charge on any atom is -0.325 e. The molecule has 1 aromatic carbocycles. The predicted molar refractivity (Wildman–Crippen MR) is 99.0 cm³/mol. The van der Waals surface area contributed by atoms with Crippen molar-refractivity contribution < 1.29 is 9.59 Å². The summed E-state index contributed by atoms with van der Waals surface area (Å²) in [6.07, 6.45) is 3.18. The Balaban J connectivity index is 1.53. The highest BCUT2D eigenvalue weighted by molar-refractivity contribution is 7.99. The molecule has 0 aliphatic heterocycles. The van der Waals surface area contributed by atoms with E-state index in [0.29, 0.717) is 22.2 Å². The molecule has 3 aromatic rings. The van der Waals surface area contributed by atoms with Crippen LogP contribution in [0.1, 0.15) is 10.4 Å². The SMILES string of the molecule is Cn1cnnc1SCC(=O)Nc1ccc(C(=O)Nc2ccccn2)cc1. The topological polar surface area (TPSA) is 102 Å². The number of nitrogens with one attached hydrogen (secondary N) is 2. The van der Waals surface area contributed by atoms with Crippen LogP contribution in [0.5, 0.6) is 0 Å². The number of rotatable bonds is 6. The van der Waals surface area contributed by atoms with Gasteiger partial charge in [0.15, 0.2) is 5.16 Å². The van der Waals surface area contributed by atoms with Gasteiger partial charge in [-0.3, -0.25) is 9.59 Å². The van der Waals surface area contributed by atoms with Gasteiger partial charge in [0.25, 0.3) is 5.91 Å². The number of nitrogens with zero attached hydrogens (tertiary/aromatic N) is 4. The molecule has 0 aliphatic carbocycles. The molecule has 2 amide bonds. The quantitative estimate of drug-likeness (QED) is 0.647. The number of carbonyl (C=O) groups is 2. The monoisotopic (exact) mass is 368 g/mol. The Morgan fingerprint density at radius 3 is 2.58 bits per heavy atom. The lowest BCUT2D eigenvalue weighted by molar-refractivity contribution is -0.113. The van der Waals surface area contributed by atoms with Crippen LogP contribution in [0.15, 0.2) is 60.1 Å². The van der Waals surface area contributed by atoms with Crippen LogP contribution in [-0.2, 0) is 11.8 Å². The Bertz CT molecular complexity index is 895. The van der Waals surface area contributed by atoms with Crippen molar-refractivity contribution in [1.29, 1.82) is 0 Å². The average molecular weight is 368 g/mol. The Hall–Kier alpha value is -3.20. The molecule has 0 fully saturated rings. The number of benzene rings is 1. The van der Waals surface area contributed by atoms with Gasteiger partial charge in [0, 0.05) is 24.5 Å². The van der Waals surface area contributed by atoms with E-state index >= 15 is 0 Å². The average Bonchev–Trinajstić information content (AvgIpc) is 3.06. The Kier molecular flexibility index (Phi) is 5.59. The van der Waals surface area contributed by atoms with Crippen LogP contribution < -0.4 is 10.6 Å². The molecule has 2 aromatic heterocycles. The van der Waals surface area contributed by atoms with E-state index in [0.717, 1.165) is 0 Å². The molecule has 8 nitrogen and oxygen atoms in total. The number of aryl methyl sites for hydroxylation is 1. The van der Waals surface area contributed by atoms with Crippen molar-refractivity contribution >= 4 is 35.1 Å². The van der Waals surface area contributed by atoms with Crippen molar-refractivity contribution in [3.8, 4) is 0 Å². The molecular formula is C17H16N6O2S. The number of aromatic nitrogens is 4. The number of carbonyl (C=O) groups excluding carboxylic acids is 2. The fraction of sp³-hybridized carbons (Fsp3) is 0.118. The van der Waals surface area contributed by atoms with Gasteiger partial charge in [-0.15, -0.1) is 10.2 Å². The summed E-state index contributed by atoms with van der Waals surface area (Å²) in [5.41, 5.74) is 1.09. The lowest BCUT2D eigenvalue weighted by Crippen LogP contribution is -2.15. The minimum atomic E-state index is -0.264. The summed E-state index contributed by atoms with van der Waals surface area (Å²) in [5, 5.41) is 13.8. The van der Waals surface area contributed by atoms with Crippen molar-refractivity contribution in [3.63, 3.8) is 0 Å². The molecule has 0 radical (unpaired) electrons. The van der Waals surface area contributed by atoms with Gasteiger partial charge >= 0.3 is 0 Å². The van der Waals surface area contributed by atoms with E-state index in [-0.39, 0.29) is 17.6 Å². The molecule has 0 bridgehead atoms. The molecule has 0 aliphatic rings. The van der Waals surface area contributed by atoms with Gasteiger partial charge < -0.3 is 15.2 Å². The maximum atomic E-state index is 12.2. The lowest BCUT2D eigenvalue weighted by atomic mass is 10.2. The first-order valence-electron chi connectivity index (χ1n) is 7.71. The van der Waals surface area contributed by atoms with Crippen molar-refractivity contribution in [1.82, 2.24) is 19.7 Å². The third-order valence-electron chi connectivity index (χ3n) is 3.34. The molecular weight excluding hydrogens is 352 g/mol. The van der Waals surface area contributed by atoms with Gasteiger partial charge in [-0.2, -0.15) is 0 Å². The highest BCUT2D eigenvalue weighted by Gasteiger charge is 2.09. The second kappa shape index (κ2) is 8.26. The van der Waals surface area contributed by atoms with Gasteiger partial charge in [-0.25, -0.2) is 4.98 Å². The zero-order chi connectivity index (χ0) is 18.4. The number of hydrogen-bond acceptors (Lipinski definition) is 6. The van der Waals surface area contributed by atoms with Crippen LogP contribution in [0.4, 0.5) is 11.5 Å². The lowest BCUT2D eigenvalue weighted by Gasteiger charge is -2.07. The van der Waals surface area contributed by atoms with Crippen LogP contribution in [0.2, 0.25) is 0 Å². The summed E-state index contributed by atoms with van der Waals surface area (Å²) in [4.78, 5) is 28.2. The van der Waals surface area contributed by atoms with Crippen LogP contribution in [0.3, 0.4) is 0 Å². The normalized spacial score (nSPS) is 10.3. The second-order valence-electron chi connectivity index (χ2n) is 5.31. The van der Waals surface area contributed by atoms with Crippen LogP contribution in [0.25, 0.3) is 0 Å². The summed E-state index contributed by atoms with van der Waals surface area (Å²) in [6.45, 7) is 0. The minimum absolute atomic E-state index is 0.163. The zero-order valence-electron chi connectivity index (χ0n) is 13.9. The van der Waals surface area contributed by atoms with Crippen LogP contribution in [0, 0.1) is 0 Å². The molecule has 0 atom stereocenters. The molecule has 26 heavy (non-hydrogen) atoms. The predicted octanol–water partition coefficient (Wildman–Crippen LogP) is 2.19. The summed E-state index contributed by atoms with van der Waals surface area (Å²) in [7, 11) is 1.81. The standard InChI is InChI=1S/C17H16N6O2S/c1-23-11-19-22-17(23)26-10-15(24)20-13-7-5-12(6-8-13)16(25)21-14-4-2-3-9-18-14/h2-9,11H,10H2,1H3,(H,20,24)(H,18,21,25). The Morgan fingerprint density at radius 2 is 1.92 bits per heavy atom. The molecule has 9 heteroatoms. The van der Waals surface area contributed by atoms with E-state index in [2.05, 4.69) is 25.8 Å². The molecule has 0 saturated heterocycles. The third-order valence-corrected chi connectivity index (χ3v) is 4.37. The summed E-state index contributed by atoms with van der Waals surface area (Å²) >= 11 is 1.30. The largest absolute Gasteiger partial charge is 0.325 e. The highest BCUT2D eigenvalue weighted by atomic mass is 32.2. The summed E-state index contributed by atoms with van der Waals surface area (Å²) in [6, 6.07) is 11.9. The number of anilines is 2. The van der Waals surface area contributed by atoms with Crippen molar-refractivity contribution in [2.75, 3.05) is 16.4 Å². The molecule has 0 unspecified atom stereocenters. The van der Waals surface area contributed by atoms with Gasteiger partial charge in [0.1, 0.15) is 12.1 Å². The molecule has 0 spiro atoms. The van der Waals surface area contributed by atoms with E-state index < -0.39 is 0 Å². The summed E-state index contributed by atoms with van der Waals surface area (Å²) in [5.74, 6) is 0.271. The maximum Gasteiger partial charge on any atom is 0.256 e. The van der Waals surface area contributed by atoms with Gasteiger partial charge in [0.05, 0.1) is 5.75 Å². The first-order valence-corrected chi connectivity index (χ1v) is 8.69. The number of pyridine rings is 1. The van der Waals surface area contributed by atoms with Crippen LogP contribution in [-0.4, -0.2) is 37.3 Å². The first kappa shape index (κ1) is 17.6. The Labute approximate surface area is 154 Å². The van der Waals surface area contributed by atoms with Gasteiger partial charge in [0.2, 0.25) is 5.91 Å². The number of thioether (sulfide) groups is 1. The van der Waals surface area contributed by atoms with E-state index in [1.165, 1.54) is 11.8 Å². The third kappa shape index (κ3) is 4.67. The number of hydrogen-bond donors (Lipinski definition) is 2. The van der Waals surface area contributed by atoms with E-state index in [1.54, 1.807) is 59.6 Å². The summed E-state index contributed by atoms with van der Waals surface area (Å²) < 4.78 is 1.74. The number of amides is 2. The van der Waals surface area contributed by atoms with E-state index in [9.17, 15) is 9.59 Å². The highest BCUT2D eigenvalue weighted by Crippen LogP contribution is 2.15. The molecule has 132 valence electrons. The smallest absolute Gasteiger partial charge is 0.256 e. The van der Waals surface area contributed by atoms with Gasteiger partial charge in [-0.1, -0.05) is 17.8 Å². The fourth-order valence-corrected chi connectivity index (χ4v) is 2.75. The van der Waals surface area contributed by atoms with Crippen LogP contribution >= 0.6 is 11.8 Å². The molecule has 2 N–H and O–H groups in total. The van der Waals surface area contributed by atoms with Crippen molar-refractivity contribution in [2.24, 2.45) is 7.05 Å². The fourth-order valence-electron chi connectivity index (χ4n) is 2.06. The zero-order valence-corrected chi connectivity index (χ0v) is 14.7. The van der Waals surface area contributed by atoms with Gasteiger partial charge in [-0.05, 0) is 36.4 Å². The van der Waals surface area contributed by atoms with E-state index in [4.69, 9.17) is 0 Å². The maximum absolute atomic E-state index is 12.2. The Morgan fingerprint density at radius 1 is 1.12 bits per heavy atom. The van der Waals surface area contributed by atoms with Crippen molar-refractivity contribution in [3.05, 3.63) is 60.6 Å². The first-order chi connectivity index (χ1) is 12.6.